The SMILES string of the molecule is CCOC(=O)c1c(-c2ccc(Cl)cc2)csc1NC(=O)c1ccccc1C. The summed E-state index contributed by atoms with van der Waals surface area (Å²) in [5.41, 5.74) is 3.31. The van der Waals surface area contributed by atoms with Crippen LogP contribution in [0.3, 0.4) is 0 Å². The van der Waals surface area contributed by atoms with Crippen molar-refractivity contribution in [3.63, 3.8) is 0 Å². The highest BCUT2D eigenvalue weighted by molar-refractivity contribution is 7.15. The van der Waals surface area contributed by atoms with E-state index in [9.17, 15) is 9.59 Å². The number of aryl methyl sites for hydroxylation is 1. The molecule has 0 radical (unpaired) electrons. The molecule has 2 aromatic carbocycles. The molecule has 0 spiro atoms. The lowest BCUT2D eigenvalue weighted by Crippen LogP contribution is -2.15. The molecule has 1 N–H and O–H groups in total. The van der Waals surface area contributed by atoms with Crippen molar-refractivity contribution < 1.29 is 14.3 Å². The van der Waals surface area contributed by atoms with E-state index in [1.165, 1.54) is 11.3 Å². The van der Waals surface area contributed by atoms with E-state index in [1.54, 1.807) is 25.1 Å². The van der Waals surface area contributed by atoms with Gasteiger partial charge < -0.3 is 10.1 Å². The quantitative estimate of drug-likeness (QED) is 0.551. The van der Waals surface area contributed by atoms with Gasteiger partial charge in [-0.05, 0) is 43.2 Å². The normalized spacial score (nSPS) is 10.5. The van der Waals surface area contributed by atoms with E-state index in [0.29, 0.717) is 26.7 Å². The minimum atomic E-state index is -0.469. The van der Waals surface area contributed by atoms with Crippen LogP contribution in [-0.4, -0.2) is 18.5 Å². The topological polar surface area (TPSA) is 55.4 Å². The second-order valence-electron chi connectivity index (χ2n) is 5.85. The molecule has 1 heterocycles. The molecule has 0 saturated heterocycles. The van der Waals surface area contributed by atoms with E-state index in [0.717, 1.165) is 11.1 Å². The van der Waals surface area contributed by atoms with Gasteiger partial charge in [-0.2, -0.15) is 0 Å². The Morgan fingerprint density at radius 1 is 1.11 bits per heavy atom. The molecule has 0 unspecified atom stereocenters. The number of nitrogens with one attached hydrogen (secondary N) is 1. The second kappa shape index (κ2) is 8.37. The lowest BCUT2D eigenvalue weighted by molar-refractivity contribution is 0.0529. The molecular formula is C21H18ClNO3S. The van der Waals surface area contributed by atoms with Gasteiger partial charge in [0.05, 0.1) is 6.61 Å². The van der Waals surface area contributed by atoms with Crippen LogP contribution in [0.4, 0.5) is 5.00 Å². The third kappa shape index (κ3) is 4.21. The third-order valence-electron chi connectivity index (χ3n) is 4.04. The van der Waals surface area contributed by atoms with Gasteiger partial charge in [-0.3, -0.25) is 4.79 Å². The summed E-state index contributed by atoms with van der Waals surface area (Å²) in [5.74, 6) is -0.730. The number of hydrogen-bond donors (Lipinski definition) is 1. The Balaban J connectivity index is 2.00. The minimum Gasteiger partial charge on any atom is -0.462 e. The molecule has 0 aliphatic heterocycles. The Morgan fingerprint density at radius 3 is 2.48 bits per heavy atom. The summed E-state index contributed by atoms with van der Waals surface area (Å²) in [4.78, 5) is 25.3. The Morgan fingerprint density at radius 2 is 1.81 bits per heavy atom. The molecule has 0 atom stereocenters. The number of amides is 1. The maximum absolute atomic E-state index is 12.7. The highest BCUT2D eigenvalue weighted by atomic mass is 35.5. The first-order chi connectivity index (χ1) is 13.0. The van der Waals surface area contributed by atoms with Crippen molar-refractivity contribution in [2.75, 3.05) is 11.9 Å². The number of hydrogen-bond acceptors (Lipinski definition) is 4. The summed E-state index contributed by atoms with van der Waals surface area (Å²) in [7, 11) is 0. The van der Waals surface area contributed by atoms with Crippen molar-refractivity contribution in [1.29, 1.82) is 0 Å². The molecule has 0 aliphatic rings. The number of benzene rings is 2. The number of esters is 1. The van der Waals surface area contributed by atoms with Gasteiger partial charge in [-0.15, -0.1) is 11.3 Å². The van der Waals surface area contributed by atoms with Crippen molar-refractivity contribution in [3.8, 4) is 11.1 Å². The van der Waals surface area contributed by atoms with Gasteiger partial charge in [0.25, 0.3) is 5.91 Å². The van der Waals surface area contributed by atoms with Crippen LogP contribution in [-0.2, 0) is 4.74 Å². The molecular weight excluding hydrogens is 382 g/mol. The largest absolute Gasteiger partial charge is 0.462 e. The van der Waals surface area contributed by atoms with Crippen LogP contribution < -0.4 is 5.32 Å². The Hall–Kier alpha value is -2.63. The molecule has 0 aliphatic carbocycles. The van der Waals surface area contributed by atoms with Crippen molar-refractivity contribution in [2.24, 2.45) is 0 Å². The first-order valence-corrected chi connectivity index (χ1v) is 9.68. The Labute approximate surface area is 166 Å². The highest BCUT2D eigenvalue weighted by Gasteiger charge is 2.23. The molecule has 4 nitrogen and oxygen atoms in total. The number of anilines is 1. The summed E-state index contributed by atoms with van der Waals surface area (Å²) >= 11 is 7.25. The fourth-order valence-electron chi connectivity index (χ4n) is 2.70. The number of carbonyl (C=O) groups excluding carboxylic acids is 2. The van der Waals surface area contributed by atoms with Gasteiger partial charge in [-0.25, -0.2) is 4.79 Å². The molecule has 3 rings (SSSR count). The molecule has 3 aromatic rings. The number of thiophene rings is 1. The maximum Gasteiger partial charge on any atom is 0.341 e. The standard InChI is InChI=1S/C21H18ClNO3S/c1-3-26-21(25)18-17(14-8-10-15(22)11-9-14)12-27-20(18)23-19(24)16-7-5-4-6-13(16)2/h4-12H,3H2,1-2H3,(H,23,24). The van der Waals surface area contributed by atoms with E-state index in [2.05, 4.69) is 5.32 Å². The second-order valence-corrected chi connectivity index (χ2v) is 7.17. The molecule has 6 heteroatoms. The van der Waals surface area contributed by atoms with E-state index >= 15 is 0 Å². The van der Waals surface area contributed by atoms with Crippen molar-refractivity contribution in [2.45, 2.75) is 13.8 Å². The van der Waals surface area contributed by atoms with Crippen LogP contribution in [0.15, 0.2) is 53.9 Å². The molecule has 138 valence electrons. The summed E-state index contributed by atoms with van der Waals surface area (Å²) < 4.78 is 5.21. The van der Waals surface area contributed by atoms with Gasteiger partial charge in [0.2, 0.25) is 0 Å². The van der Waals surface area contributed by atoms with E-state index in [4.69, 9.17) is 16.3 Å². The third-order valence-corrected chi connectivity index (χ3v) is 5.19. The first kappa shape index (κ1) is 19.1. The van der Waals surface area contributed by atoms with Crippen molar-refractivity contribution >= 4 is 39.8 Å². The van der Waals surface area contributed by atoms with Crippen LogP contribution in [0.2, 0.25) is 5.02 Å². The van der Waals surface area contributed by atoms with Gasteiger partial charge >= 0.3 is 5.97 Å². The first-order valence-electron chi connectivity index (χ1n) is 8.42. The average molecular weight is 400 g/mol. The Bertz CT molecular complexity index is 979. The van der Waals surface area contributed by atoms with Crippen LogP contribution in [0.5, 0.6) is 0 Å². The van der Waals surface area contributed by atoms with Crippen LogP contribution >= 0.6 is 22.9 Å². The fourth-order valence-corrected chi connectivity index (χ4v) is 3.77. The Kier molecular flexibility index (Phi) is 5.94. The molecule has 1 aromatic heterocycles. The summed E-state index contributed by atoms with van der Waals surface area (Å²) in [5, 5.41) is 5.77. The number of rotatable bonds is 5. The smallest absolute Gasteiger partial charge is 0.341 e. The van der Waals surface area contributed by atoms with Gasteiger partial charge in [0.1, 0.15) is 10.6 Å². The summed E-state index contributed by atoms with van der Waals surface area (Å²) in [6.07, 6.45) is 0. The lowest BCUT2D eigenvalue weighted by atomic mass is 10.0. The number of halogens is 1. The van der Waals surface area contributed by atoms with Crippen molar-refractivity contribution in [1.82, 2.24) is 0 Å². The molecule has 27 heavy (non-hydrogen) atoms. The fraction of sp³-hybridized carbons (Fsp3) is 0.143. The van der Waals surface area contributed by atoms with E-state index < -0.39 is 5.97 Å². The zero-order chi connectivity index (χ0) is 19.4. The summed E-state index contributed by atoms with van der Waals surface area (Å²) in [6.45, 7) is 3.87. The average Bonchev–Trinajstić information content (AvgIpc) is 3.06. The van der Waals surface area contributed by atoms with E-state index in [1.807, 2.05) is 42.6 Å². The van der Waals surface area contributed by atoms with Crippen molar-refractivity contribution in [3.05, 3.63) is 75.6 Å². The van der Waals surface area contributed by atoms with Gasteiger partial charge in [-0.1, -0.05) is 41.9 Å². The van der Waals surface area contributed by atoms with Crippen LogP contribution in [0.1, 0.15) is 33.2 Å². The van der Waals surface area contributed by atoms with Crippen LogP contribution in [0, 0.1) is 6.92 Å². The predicted octanol–water partition coefficient (Wildman–Crippen LogP) is 5.81. The summed E-state index contributed by atoms with van der Waals surface area (Å²) in [6, 6.07) is 14.5. The molecule has 0 saturated carbocycles. The molecule has 1 amide bonds. The van der Waals surface area contributed by atoms with Crippen LogP contribution in [0.25, 0.3) is 11.1 Å². The molecule has 0 bridgehead atoms. The zero-order valence-electron chi connectivity index (χ0n) is 14.9. The van der Waals surface area contributed by atoms with Gasteiger partial charge in [0, 0.05) is 21.5 Å². The monoisotopic (exact) mass is 399 g/mol. The number of carbonyl (C=O) groups is 2. The maximum atomic E-state index is 12.7. The zero-order valence-corrected chi connectivity index (χ0v) is 16.5. The van der Waals surface area contributed by atoms with Gasteiger partial charge in [0.15, 0.2) is 0 Å². The highest BCUT2D eigenvalue weighted by Crippen LogP contribution is 2.37. The lowest BCUT2D eigenvalue weighted by Gasteiger charge is -2.10. The van der Waals surface area contributed by atoms with E-state index in [-0.39, 0.29) is 12.5 Å². The number of ether oxygens (including phenoxy) is 1. The predicted molar refractivity (Wildman–Crippen MR) is 110 cm³/mol. The minimum absolute atomic E-state index is 0.250. The molecule has 0 fully saturated rings.